The number of anilines is 1. The standard InChI is InChI=1S/C15H21N3O3/c1-3-21-15(20)18-8-6-17(7-9-18)14(19)12-10-11(2)4-5-13(12)16/h4-5,10H,3,6-9,16H2,1-2H3. The van der Waals surface area contributed by atoms with Gasteiger partial charge in [-0.25, -0.2) is 4.79 Å². The number of aryl methyl sites for hydroxylation is 1. The number of nitrogen functional groups attached to an aromatic ring is 1. The molecule has 1 aromatic rings. The molecule has 0 atom stereocenters. The van der Waals surface area contributed by atoms with Crippen LogP contribution in [0.15, 0.2) is 18.2 Å². The van der Waals surface area contributed by atoms with Crippen molar-refractivity contribution < 1.29 is 14.3 Å². The fourth-order valence-electron chi connectivity index (χ4n) is 2.33. The average Bonchev–Trinajstić information content (AvgIpc) is 2.49. The molecule has 2 rings (SSSR count). The van der Waals surface area contributed by atoms with Gasteiger partial charge in [-0.05, 0) is 26.0 Å². The Balaban J connectivity index is 2.00. The average molecular weight is 291 g/mol. The summed E-state index contributed by atoms with van der Waals surface area (Å²) in [6.07, 6.45) is -0.320. The Morgan fingerprint density at radius 2 is 1.81 bits per heavy atom. The summed E-state index contributed by atoms with van der Waals surface area (Å²) in [5, 5.41) is 0. The lowest BCUT2D eigenvalue weighted by molar-refractivity contribution is 0.0571. The zero-order chi connectivity index (χ0) is 15.4. The van der Waals surface area contributed by atoms with Crippen molar-refractivity contribution in [3.05, 3.63) is 29.3 Å². The van der Waals surface area contributed by atoms with E-state index < -0.39 is 0 Å². The van der Waals surface area contributed by atoms with Crippen LogP contribution in [0.3, 0.4) is 0 Å². The van der Waals surface area contributed by atoms with Gasteiger partial charge < -0.3 is 20.3 Å². The van der Waals surface area contributed by atoms with Gasteiger partial charge in [0.25, 0.3) is 5.91 Å². The number of hydrogen-bond acceptors (Lipinski definition) is 4. The number of piperazine rings is 1. The molecule has 1 fully saturated rings. The Labute approximate surface area is 124 Å². The van der Waals surface area contributed by atoms with E-state index in [-0.39, 0.29) is 12.0 Å². The third kappa shape index (κ3) is 3.45. The quantitative estimate of drug-likeness (QED) is 0.838. The maximum atomic E-state index is 12.5. The van der Waals surface area contributed by atoms with Crippen LogP contribution >= 0.6 is 0 Å². The highest BCUT2D eigenvalue weighted by molar-refractivity contribution is 5.99. The van der Waals surface area contributed by atoms with Gasteiger partial charge in [-0.15, -0.1) is 0 Å². The summed E-state index contributed by atoms with van der Waals surface area (Å²) in [6, 6.07) is 5.43. The van der Waals surface area contributed by atoms with Crippen LogP contribution in [0.4, 0.5) is 10.5 Å². The number of carbonyl (C=O) groups excluding carboxylic acids is 2. The van der Waals surface area contributed by atoms with Gasteiger partial charge >= 0.3 is 6.09 Å². The minimum atomic E-state index is -0.320. The third-order valence-electron chi connectivity index (χ3n) is 3.53. The molecule has 0 radical (unpaired) electrons. The molecule has 2 amide bonds. The number of hydrogen-bond donors (Lipinski definition) is 1. The maximum absolute atomic E-state index is 12.5. The molecule has 0 spiro atoms. The van der Waals surface area contributed by atoms with E-state index in [4.69, 9.17) is 10.5 Å². The largest absolute Gasteiger partial charge is 0.450 e. The van der Waals surface area contributed by atoms with E-state index in [1.807, 2.05) is 13.0 Å². The van der Waals surface area contributed by atoms with Crippen molar-refractivity contribution in [2.24, 2.45) is 0 Å². The third-order valence-corrected chi connectivity index (χ3v) is 3.53. The van der Waals surface area contributed by atoms with Gasteiger partial charge in [0.15, 0.2) is 0 Å². The second kappa shape index (κ2) is 6.47. The van der Waals surface area contributed by atoms with Gasteiger partial charge in [0.1, 0.15) is 0 Å². The van der Waals surface area contributed by atoms with Gasteiger partial charge in [-0.3, -0.25) is 4.79 Å². The van der Waals surface area contributed by atoms with Crippen LogP contribution in [-0.4, -0.2) is 54.6 Å². The summed E-state index contributed by atoms with van der Waals surface area (Å²) in [5.41, 5.74) is 7.89. The molecule has 0 saturated carbocycles. The molecule has 1 heterocycles. The lowest BCUT2D eigenvalue weighted by Crippen LogP contribution is -2.50. The fraction of sp³-hybridized carbons (Fsp3) is 0.467. The van der Waals surface area contributed by atoms with Gasteiger partial charge in [-0.2, -0.15) is 0 Å². The Bertz CT molecular complexity index is 537. The zero-order valence-electron chi connectivity index (χ0n) is 12.5. The second-order valence-corrected chi connectivity index (χ2v) is 5.07. The molecule has 21 heavy (non-hydrogen) atoms. The topological polar surface area (TPSA) is 75.9 Å². The molecular weight excluding hydrogens is 270 g/mol. The smallest absolute Gasteiger partial charge is 0.409 e. The minimum Gasteiger partial charge on any atom is -0.450 e. The van der Waals surface area contributed by atoms with E-state index >= 15 is 0 Å². The number of benzene rings is 1. The molecular formula is C15H21N3O3. The Kier molecular flexibility index (Phi) is 4.67. The molecule has 1 aromatic carbocycles. The van der Waals surface area contributed by atoms with Crippen LogP contribution in [0, 0.1) is 6.92 Å². The molecule has 1 aliphatic heterocycles. The highest BCUT2D eigenvalue weighted by Crippen LogP contribution is 2.17. The summed E-state index contributed by atoms with van der Waals surface area (Å²) >= 11 is 0. The number of carbonyl (C=O) groups is 2. The van der Waals surface area contributed by atoms with E-state index in [9.17, 15) is 9.59 Å². The van der Waals surface area contributed by atoms with Crippen molar-refractivity contribution in [2.75, 3.05) is 38.5 Å². The first kappa shape index (κ1) is 15.2. The lowest BCUT2D eigenvalue weighted by atomic mass is 10.1. The summed E-state index contributed by atoms with van der Waals surface area (Å²) < 4.78 is 4.96. The number of amides is 2. The van der Waals surface area contributed by atoms with Gasteiger partial charge in [0, 0.05) is 31.9 Å². The highest BCUT2D eigenvalue weighted by atomic mass is 16.6. The zero-order valence-corrected chi connectivity index (χ0v) is 12.5. The van der Waals surface area contributed by atoms with Crippen molar-refractivity contribution in [2.45, 2.75) is 13.8 Å². The van der Waals surface area contributed by atoms with Gasteiger partial charge in [-0.1, -0.05) is 11.6 Å². The molecule has 6 heteroatoms. The van der Waals surface area contributed by atoms with E-state index in [0.29, 0.717) is 44.0 Å². The van der Waals surface area contributed by atoms with Crippen LogP contribution in [0.2, 0.25) is 0 Å². The summed E-state index contributed by atoms with van der Waals surface area (Å²) in [4.78, 5) is 27.5. The SMILES string of the molecule is CCOC(=O)N1CCN(C(=O)c2cc(C)ccc2N)CC1. The maximum Gasteiger partial charge on any atom is 0.409 e. The van der Waals surface area contributed by atoms with Crippen LogP contribution in [0.1, 0.15) is 22.8 Å². The van der Waals surface area contributed by atoms with Crippen molar-refractivity contribution in [3.8, 4) is 0 Å². The molecule has 0 aromatic heterocycles. The van der Waals surface area contributed by atoms with E-state index in [0.717, 1.165) is 5.56 Å². The predicted octanol–water partition coefficient (Wildman–Crippen LogP) is 1.49. The van der Waals surface area contributed by atoms with E-state index in [2.05, 4.69) is 0 Å². The predicted molar refractivity (Wildman–Crippen MR) is 80.1 cm³/mol. The van der Waals surface area contributed by atoms with Crippen molar-refractivity contribution >= 4 is 17.7 Å². The first-order valence-electron chi connectivity index (χ1n) is 7.10. The Morgan fingerprint density at radius 3 is 2.43 bits per heavy atom. The Morgan fingerprint density at radius 1 is 1.19 bits per heavy atom. The van der Waals surface area contributed by atoms with Crippen molar-refractivity contribution in [1.82, 2.24) is 9.80 Å². The lowest BCUT2D eigenvalue weighted by Gasteiger charge is -2.34. The summed E-state index contributed by atoms with van der Waals surface area (Å²) in [7, 11) is 0. The molecule has 1 aliphatic rings. The summed E-state index contributed by atoms with van der Waals surface area (Å²) in [6.45, 7) is 6.01. The normalized spacial score (nSPS) is 15.0. The van der Waals surface area contributed by atoms with E-state index in [1.165, 1.54) is 0 Å². The minimum absolute atomic E-state index is 0.0836. The van der Waals surface area contributed by atoms with Crippen molar-refractivity contribution in [1.29, 1.82) is 0 Å². The first-order chi connectivity index (χ1) is 10.0. The molecule has 1 saturated heterocycles. The van der Waals surface area contributed by atoms with Crippen LogP contribution in [0.25, 0.3) is 0 Å². The molecule has 2 N–H and O–H groups in total. The fourth-order valence-corrected chi connectivity index (χ4v) is 2.33. The number of nitrogens with zero attached hydrogens (tertiary/aromatic N) is 2. The number of ether oxygens (including phenoxy) is 1. The molecule has 0 unspecified atom stereocenters. The van der Waals surface area contributed by atoms with E-state index in [1.54, 1.807) is 28.9 Å². The monoisotopic (exact) mass is 291 g/mol. The van der Waals surface area contributed by atoms with Crippen LogP contribution in [-0.2, 0) is 4.74 Å². The number of nitrogens with two attached hydrogens (primary N) is 1. The van der Waals surface area contributed by atoms with Crippen molar-refractivity contribution in [3.63, 3.8) is 0 Å². The molecule has 0 bridgehead atoms. The van der Waals surface area contributed by atoms with Crippen LogP contribution < -0.4 is 5.73 Å². The Hall–Kier alpha value is -2.24. The summed E-state index contributed by atoms with van der Waals surface area (Å²) in [5.74, 6) is -0.0836. The molecule has 0 aliphatic carbocycles. The first-order valence-corrected chi connectivity index (χ1v) is 7.10. The van der Waals surface area contributed by atoms with Gasteiger partial charge in [0.2, 0.25) is 0 Å². The van der Waals surface area contributed by atoms with Gasteiger partial charge in [0.05, 0.1) is 12.2 Å². The number of rotatable bonds is 2. The second-order valence-electron chi connectivity index (χ2n) is 5.07. The van der Waals surface area contributed by atoms with Crippen LogP contribution in [0.5, 0.6) is 0 Å². The highest BCUT2D eigenvalue weighted by Gasteiger charge is 2.26. The molecule has 6 nitrogen and oxygen atoms in total. The molecule has 114 valence electrons.